The standard InChI is InChI=1S/C23H37N3O2/c1-2-9-21(25-22(27)12-7-4-8-15-24)23(28)26-16-13-20(14-17-26)18-19-10-5-3-6-11-19/h3,5-6,10-11,20-21H,2,4,7-9,12-18,24H2,1H3,(H,25,27)/t21-/m1/s1. The molecule has 0 aliphatic carbocycles. The molecule has 3 N–H and O–H groups in total. The first-order chi connectivity index (χ1) is 13.6. The highest BCUT2D eigenvalue weighted by molar-refractivity contribution is 5.87. The Balaban J connectivity index is 1.78. The van der Waals surface area contributed by atoms with Gasteiger partial charge in [-0.2, -0.15) is 0 Å². The smallest absolute Gasteiger partial charge is 0.245 e. The molecular formula is C23H37N3O2. The average molecular weight is 388 g/mol. The van der Waals surface area contributed by atoms with Crippen molar-refractivity contribution in [1.29, 1.82) is 0 Å². The summed E-state index contributed by atoms with van der Waals surface area (Å²) in [6, 6.07) is 10.2. The minimum atomic E-state index is -0.377. The van der Waals surface area contributed by atoms with Crippen molar-refractivity contribution in [3.05, 3.63) is 35.9 Å². The van der Waals surface area contributed by atoms with Gasteiger partial charge in [-0.15, -0.1) is 0 Å². The summed E-state index contributed by atoms with van der Waals surface area (Å²) in [5.74, 6) is 0.714. The summed E-state index contributed by atoms with van der Waals surface area (Å²) in [6.07, 6.45) is 7.97. The lowest BCUT2D eigenvalue weighted by Crippen LogP contribution is -2.50. The highest BCUT2D eigenvalue weighted by Crippen LogP contribution is 2.22. The Labute approximate surface area is 170 Å². The zero-order chi connectivity index (χ0) is 20.2. The van der Waals surface area contributed by atoms with E-state index in [0.29, 0.717) is 25.3 Å². The van der Waals surface area contributed by atoms with E-state index < -0.39 is 0 Å². The molecule has 2 rings (SSSR count). The minimum Gasteiger partial charge on any atom is -0.344 e. The van der Waals surface area contributed by atoms with Gasteiger partial charge < -0.3 is 16.0 Å². The third-order valence-electron chi connectivity index (χ3n) is 5.61. The van der Waals surface area contributed by atoms with Gasteiger partial charge in [0.2, 0.25) is 11.8 Å². The lowest BCUT2D eigenvalue weighted by atomic mass is 9.90. The van der Waals surface area contributed by atoms with Gasteiger partial charge in [-0.3, -0.25) is 9.59 Å². The molecule has 1 aromatic rings. The van der Waals surface area contributed by atoms with Crippen LogP contribution in [-0.2, 0) is 16.0 Å². The maximum atomic E-state index is 13.0. The molecule has 0 saturated carbocycles. The van der Waals surface area contributed by atoms with E-state index in [1.54, 1.807) is 0 Å². The Bertz CT molecular complexity index is 583. The molecule has 0 bridgehead atoms. The number of carbonyl (C=O) groups is 2. The van der Waals surface area contributed by atoms with Crippen LogP contribution < -0.4 is 11.1 Å². The van der Waals surface area contributed by atoms with Crippen molar-refractivity contribution < 1.29 is 9.59 Å². The lowest BCUT2D eigenvalue weighted by Gasteiger charge is -2.34. The lowest BCUT2D eigenvalue weighted by molar-refractivity contribution is -0.137. The van der Waals surface area contributed by atoms with Crippen molar-refractivity contribution in [3.63, 3.8) is 0 Å². The van der Waals surface area contributed by atoms with Crippen LogP contribution in [0.3, 0.4) is 0 Å². The summed E-state index contributed by atoms with van der Waals surface area (Å²) in [5, 5.41) is 2.98. The zero-order valence-electron chi connectivity index (χ0n) is 17.4. The van der Waals surface area contributed by atoms with Gasteiger partial charge in [0.25, 0.3) is 0 Å². The molecule has 5 heteroatoms. The molecule has 1 atom stereocenters. The second-order valence-corrected chi connectivity index (χ2v) is 7.97. The summed E-state index contributed by atoms with van der Waals surface area (Å²) < 4.78 is 0. The van der Waals surface area contributed by atoms with Crippen molar-refractivity contribution in [2.24, 2.45) is 11.7 Å². The average Bonchev–Trinajstić information content (AvgIpc) is 2.72. The highest BCUT2D eigenvalue weighted by Gasteiger charge is 2.28. The quantitative estimate of drug-likeness (QED) is 0.572. The molecule has 0 spiro atoms. The van der Waals surface area contributed by atoms with Gasteiger partial charge in [-0.25, -0.2) is 0 Å². The van der Waals surface area contributed by atoms with Crippen LogP contribution in [0.4, 0.5) is 0 Å². The molecule has 1 aliphatic heterocycles. The van der Waals surface area contributed by atoms with Crippen LogP contribution in [-0.4, -0.2) is 42.4 Å². The Morgan fingerprint density at radius 3 is 2.50 bits per heavy atom. The first-order valence-corrected chi connectivity index (χ1v) is 11.0. The Morgan fingerprint density at radius 2 is 1.86 bits per heavy atom. The van der Waals surface area contributed by atoms with E-state index >= 15 is 0 Å². The number of rotatable bonds is 11. The Hall–Kier alpha value is -1.88. The normalized spacial score (nSPS) is 16.0. The summed E-state index contributed by atoms with van der Waals surface area (Å²) in [6.45, 7) is 4.31. The van der Waals surface area contributed by atoms with Gasteiger partial charge in [0.15, 0.2) is 0 Å². The van der Waals surface area contributed by atoms with Crippen LogP contribution in [0.25, 0.3) is 0 Å². The predicted molar refractivity (Wildman–Crippen MR) is 114 cm³/mol. The van der Waals surface area contributed by atoms with Crippen molar-refractivity contribution in [2.45, 2.75) is 70.8 Å². The number of nitrogens with zero attached hydrogens (tertiary/aromatic N) is 1. The molecule has 1 fully saturated rings. The van der Waals surface area contributed by atoms with Gasteiger partial charge >= 0.3 is 0 Å². The fourth-order valence-electron chi connectivity index (χ4n) is 3.94. The second kappa shape index (κ2) is 12.6. The van der Waals surface area contributed by atoms with E-state index in [9.17, 15) is 9.59 Å². The largest absolute Gasteiger partial charge is 0.344 e. The zero-order valence-corrected chi connectivity index (χ0v) is 17.4. The van der Waals surface area contributed by atoms with E-state index in [0.717, 1.165) is 58.0 Å². The number of amides is 2. The molecule has 5 nitrogen and oxygen atoms in total. The van der Waals surface area contributed by atoms with Gasteiger partial charge in [0, 0.05) is 19.5 Å². The number of benzene rings is 1. The number of nitrogens with two attached hydrogens (primary N) is 1. The van der Waals surface area contributed by atoms with E-state index in [-0.39, 0.29) is 17.9 Å². The molecule has 0 aromatic heterocycles. The summed E-state index contributed by atoms with van der Waals surface area (Å²) in [5.41, 5.74) is 6.86. The van der Waals surface area contributed by atoms with Crippen LogP contribution >= 0.6 is 0 Å². The van der Waals surface area contributed by atoms with Gasteiger partial charge in [-0.05, 0) is 56.6 Å². The van der Waals surface area contributed by atoms with Crippen molar-refractivity contribution in [3.8, 4) is 0 Å². The summed E-state index contributed by atoms with van der Waals surface area (Å²) >= 11 is 0. The third-order valence-corrected chi connectivity index (χ3v) is 5.61. The number of likely N-dealkylation sites (tertiary alicyclic amines) is 1. The number of carbonyl (C=O) groups excluding carboxylic acids is 2. The van der Waals surface area contributed by atoms with E-state index in [1.807, 2.05) is 11.0 Å². The van der Waals surface area contributed by atoms with Crippen LogP contribution in [0.1, 0.15) is 63.9 Å². The SMILES string of the molecule is CCC[C@@H](NC(=O)CCCCCN)C(=O)N1CCC(Cc2ccccc2)CC1. The van der Waals surface area contributed by atoms with E-state index in [1.165, 1.54) is 5.56 Å². The number of hydrogen-bond donors (Lipinski definition) is 2. The minimum absolute atomic E-state index is 0.0113. The molecule has 1 aliphatic rings. The Kier molecular flexibility index (Phi) is 10.0. The second-order valence-electron chi connectivity index (χ2n) is 7.97. The van der Waals surface area contributed by atoms with Gasteiger partial charge in [0.1, 0.15) is 6.04 Å². The molecule has 2 amide bonds. The predicted octanol–water partition coefficient (Wildman–Crippen LogP) is 3.27. The van der Waals surface area contributed by atoms with Gasteiger partial charge in [0.05, 0.1) is 0 Å². The molecule has 156 valence electrons. The maximum Gasteiger partial charge on any atom is 0.245 e. The fourth-order valence-corrected chi connectivity index (χ4v) is 3.94. The molecule has 0 radical (unpaired) electrons. The van der Waals surface area contributed by atoms with Crippen molar-refractivity contribution >= 4 is 11.8 Å². The van der Waals surface area contributed by atoms with Crippen LogP contribution in [0.5, 0.6) is 0 Å². The summed E-state index contributed by atoms with van der Waals surface area (Å²) in [4.78, 5) is 27.1. The first kappa shape index (κ1) is 22.4. The maximum absolute atomic E-state index is 13.0. The Morgan fingerprint density at radius 1 is 1.14 bits per heavy atom. The number of piperidine rings is 1. The topological polar surface area (TPSA) is 75.4 Å². The van der Waals surface area contributed by atoms with Crippen molar-refractivity contribution in [1.82, 2.24) is 10.2 Å². The molecule has 1 aromatic carbocycles. The van der Waals surface area contributed by atoms with E-state index in [4.69, 9.17) is 5.73 Å². The molecular weight excluding hydrogens is 350 g/mol. The number of unbranched alkanes of at least 4 members (excludes halogenated alkanes) is 2. The van der Waals surface area contributed by atoms with Gasteiger partial charge in [-0.1, -0.05) is 50.1 Å². The van der Waals surface area contributed by atoms with Crippen LogP contribution in [0.15, 0.2) is 30.3 Å². The fraction of sp³-hybridized carbons (Fsp3) is 0.652. The number of nitrogens with one attached hydrogen (secondary N) is 1. The first-order valence-electron chi connectivity index (χ1n) is 11.0. The molecule has 28 heavy (non-hydrogen) atoms. The van der Waals surface area contributed by atoms with E-state index in [2.05, 4.69) is 36.5 Å². The van der Waals surface area contributed by atoms with Crippen LogP contribution in [0.2, 0.25) is 0 Å². The molecule has 1 heterocycles. The third kappa shape index (κ3) is 7.63. The molecule has 1 saturated heterocycles. The molecule has 0 unspecified atom stereocenters. The summed E-state index contributed by atoms with van der Waals surface area (Å²) in [7, 11) is 0. The highest BCUT2D eigenvalue weighted by atomic mass is 16.2. The monoisotopic (exact) mass is 387 g/mol. The van der Waals surface area contributed by atoms with Crippen molar-refractivity contribution in [2.75, 3.05) is 19.6 Å². The van der Waals surface area contributed by atoms with Crippen LogP contribution in [0, 0.1) is 5.92 Å². The number of hydrogen-bond acceptors (Lipinski definition) is 3.